The van der Waals surface area contributed by atoms with Crippen molar-refractivity contribution in [3.8, 4) is 0 Å². The van der Waals surface area contributed by atoms with Gasteiger partial charge in [0.05, 0.1) is 5.56 Å². The second-order valence-corrected chi connectivity index (χ2v) is 4.07. The highest BCUT2D eigenvalue weighted by molar-refractivity contribution is 7.09. The number of nitrogens with zero attached hydrogens (tertiary/aromatic N) is 2. The van der Waals surface area contributed by atoms with Gasteiger partial charge in [-0.05, 0) is 17.7 Å². The molecule has 0 unspecified atom stereocenters. The van der Waals surface area contributed by atoms with Gasteiger partial charge < -0.3 is 5.32 Å². The standard InChI is InChI=1S/C10H8F3N3S/c11-10(12,13)8-3-1-7(2-4-8)5-14-9-15-6-16-17-9/h1-4,6H,5H2,(H,14,15,16). The number of benzene rings is 1. The molecule has 0 amide bonds. The van der Waals surface area contributed by atoms with Gasteiger partial charge in [-0.1, -0.05) is 12.1 Å². The Balaban J connectivity index is 1.99. The average molecular weight is 259 g/mol. The minimum atomic E-state index is -4.29. The maximum absolute atomic E-state index is 12.3. The Morgan fingerprint density at radius 1 is 1.18 bits per heavy atom. The summed E-state index contributed by atoms with van der Waals surface area (Å²) in [7, 11) is 0. The number of aromatic nitrogens is 2. The van der Waals surface area contributed by atoms with Crippen LogP contribution in [0.25, 0.3) is 0 Å². The lowest BCUT2D eigenvalue weighted by Gasteiger charge is -2.07. The number of alkyl halides is 3. The van der Waals surface area contributed by atoms with Gasteiger partial charge in [-0.2, -0.15) is 17.5 Å². The van der Waals surface area contributed by atoms with Crippen LogP contribution >= 0.6 is 11.5 Å². The van der Waals surface area contributed by atoms with Crippen LogP contribution in [0.4, 0.5) is 18.3 Å². The van der Waals surface area contributed by atoms with E-state index in [2.05, 4.69) is 14.7 Å². The third-order valence-corrected chi connectivity index (χ3v) is 2.71. The smallest absolute Gasteiger partial charge is 0.356 e. The summed E-state index contributed by atoms with van der Waals surface area (Å²) < 4.78 is 40.7. The minimum absolute atomic E-state index is 0.424. The third-order valence-electron chi connectivity index (χ3n) is 2.09. The van der Waals surface area contributed by atoms with E-state index in [0.29, 0.717) is 11.7 Å². The fraction of sp³-hybridized carbons (Fsp3) is 0.200. The Bertz CT molecular complexity index is 465. The Kier molecular flexibility index (Phi) is 3.28. The number of hydrogen-bond acceptors (Lipinski definition) is 4. The number of nitrogens with one attached hydrogen (secondary N) is 1. The van der Waals surface area contributed by atoms with Gasteiger partial charge >= 0.3 is 6.18 Å². The second-order valence-electron chi connectivity index (χ2n) is 3.29. The quantitative estimate of drug-likeness (QED) is 0.920. The molecular formula is C10H8F3N3S. The Morgan fingerprint density at radius 2 is 1.88 bits per heavy atom. The molecule has 0 radical (unpaired) electrons. The SMILES string of the molecule is FC(F)(F)c1ccc(CNc2ncns2)cc1. The molecule has 0 saturated carbocycles. The Labute approximate surface area is 99.5 Å². The molecular weight excluding hydrogens is 251 g/mol. The lowest BCUT2D eigenvalue weighted by atomic mass is 10.1. The van der Waals surface area contributed by atoms with Crippen LogP contribution in [-0.4, -0.2) is 9.36 Å². The zero-order valence-corrected chi connectivity index (χ0v) is 9.35. The predicted molar refractivity (Wildman–Crippen MR) is 58.7 cm³/mol. The maximum atomic E-state index is 12.3. The van der Waals surface area contributed by atoms with Crippen LogP contribution in [0.2, 0.25) is 0 Å². The summed E-state index contributed by atoms with van der Waals surface area (Å²) in [4.78, 5) is 3.90. The molecule has 90 valence electrons. The molecule has 0 aliphatic carbocycles. The molecule has 0 atom stereocenters. The normalized spacial score (nSPS) is 11.5. The van der Waals surface area contributed by atoms with Crippen molar-refractivity contribution >= 4 is 16.7 Å². The number of rotatable bonds is 3. The van der Waals surface area contributed by atoms with E-state index in [1.54, 1.807) is 0 Å². The van der Waals surface area contributed by atoms with Gasteiger partial charge in [-0.3, -0.25) is 0 Å². The number of hydrogen-bond donors (Lipinski definition) is 1. The van der Waals surface area contributed by atoms with Crippen LogP contribution < -0.4 is 5.32 Å². The first-order chi connectivity index (χ1) is 8.05. The molecule has 0 spiro atoms. The molecule has 0 fully saturated rings. The molecule has 7 heteroatoms. The molecule has 2 aromatic rings. The van der Waals surface area contributed by atoms with E-state index in [9.17, 15) is 13.2 Å². The van der Waals surface area contributed by atoms with E-state index in [4.69, 9.17) is 0 Å². The highest BCUT2D eigenvalue weighted by Crippen LogP contribution is 2.29. The molecule has 1 heterocycles. The molecule has 0 aliphatic heterocycles. The van der Waals surface area contributed by atoms with Crippen LogP contribution in [0, 0.1) is 0 Å². The largest absolute Gasteiger partial charge is 0.416 e. The summed E-state index contributed by atoms with van der Waals surface area (Å²) in [5.74, 6) is 0. The van der Waals surface area contributed by atoms with Gasteiger partial charge in [0.2, 0.25) is 5.13 Å². The lowest BCUT2D eigenvalue weighted by molar-refractivity contribution is -0.137. The fourth-order valence-corrected chi connectivity index (χ4v) is 1.67. The maximum Gasteiger partial charge on any atom is 0.416 e. The van der Waals surface area contributed by atoms with Crippen molar-refractivity contribution in [2.75, 3.05) is 5.32 Å². The zero-order chi connectivity index (χ0) is 12.3. The van der Waals surface area contributed by atoms with E-state index < -0.39 is 11.7 Å². The van der Waals surface area contributed by atoms with Gasteiger partial charge in [0.25, 0.3) is 0 Å². The van der Waals surface area contributed by atoms with Crippen molar-refractivity contribution in [3.63, 3.8) is 0 Å². The summed E-state index contributed by atoms with van der Waals surface area (Å²) in [5, 5.41) is 3.61. The van der Waals surface area contributed by atoms with E-state index in [0.717, 1.165) is 17.7 Å². The summed E-state index contributed by atoms with van der Waals surface area (Å²) in [6.07, 6.45) is -2.87. The van der Waals surface area contributed by atoms with E-state index in [-0.39, 0.29) is 0 Å². The average Bonchev–Trinajstić information content (AvgIpc) is 2.78. The van der Waals surface area contributed by atoms with Crippen LogP contribution in [0.15, 0.2) is 30.6 Å². The van der Waals surface area contributed by atoms with Crippen LogP contribution in [0.5, 0.6) is 0 Å². The molecule has 1 N–H and O–H groups in total. The molecule has 0 saturated heterocycles. The summed E-state index contributed by atoms with van der Waals surface area (Å²) in [6, 6.07) is 5.02. The monoisotopic (exact) mass is 259 g/mol. The Morgan fingerprint density at radius 3 is 2.41 bits per heavy atom. The highest BCUT2D eigenvalue weighted by atomic mass is 32.1. The molecule has 1 aromatic heterocycles. The topological polar surface area (TPSA) is 37.8 Å². The van der Waals surface area contributed by atoms with Gasteiger partial charge in [0, 0.05) is 18.1 Å². The van der Waals surface area contributed by atoms with Gasteiger partial charge in [0.1, 0.15) is 6.33 Å². The van der Waals surface area contributed by atoms with Crippen molar-refractivity contribution in [1.29, 1.82) is 0 Å². The summed E-state index contributed by atoms with van der Waals surface area (Å²) in [5.41, 5.74) is 0.116. The number of anilines is 1. The van der Waals surface area contributed by atoms with Crippen LogP contribution in [0.3, 0.4) is 0 Å². The van der Waals surface area contributed by atoms with Gasteiger partial charge in [-0.15, -0.1) is 0 Å². The summed E-state index contributed by atoms with van der Waals surface area (Å²) in [6.45, 7) is 0.424. The van der Waals surface area contributed by atoms with E-state index in [1.807, 2.05) is 0 Å². The van der Waals surface area contributed by atoms with Crippen molar-refractivity contribution < 1.29 is 13.2 Å². The van der Waals surface area contributed by atoms with E-state index >= 15 is 0 Å². The summed E-state index contributed by atoms with van der Waals surface area (Å²) >= 11 is 1.20. The molecule has 0 bridgehead atoms. The first-order valence-electron chi connectivity index (χ1n) is 4.72. The second kappa shape index (κ2) is 4.70. The molecule has 0 aliphatic rings. The predicted octanol–water partition coefficient (Wildman–Crippen LogP) is 3.17. The molecule has 3 nitrogen and oxygen atoms in total. The Hall–Kier alpha value is -1.63. The molecule has 1 aromatic carbocycles. The highest BCUT2D eigenvalue weighted by Gasteiger charge is 2.29. The lowest BCUT2D eigenvalue weighted by Crippen LogP contribution is -2.05. The van der Waals surface area contributed by atoms with Crippen LogP contribution in [-0.2, 0) is 12.7 Å². The third kappa shape index (κ3) is 3.16. The number of halogens is 3. The van der Waals surface area contributed by atoms with Crippen LogP contribution in [0.1, 0.15) is 11.1 Å². The molecule has 2 rings (SSSR count). The van der Waals surface area contributed by atoms with Crippen molar-refractivity contribution in [3.05, 3.63) is 41.7 Å². The first kappa shape index (κ1) is 11.8. The van der Waals surface area contributed by atoms with Crippen molar-refractivity contribution in [2.24, 2.45) is 0 Å². The zero-order valence-electron chi connectivity index (χ0n) is 8.53. The van der Waals surface area contributed by atoms with Gasteiger partial charge in [0.15, 0.2) is 0 Å². The first-order valence-corrected chi connectivity index (χ1v) is 5.50. The fourth-order valence-electron chi connectivity index (χ4n) is 1.24. The minimum Gasteiger partial charge on any atom is -0.356 e. The van der Waals surface area contributed by atoms with Gasteiger partial charge in [-0.25, -0.2) is 4.98 Å². The van der Waals surface area contributed by atoms with E-state index in [1.165, 1.54) is 30.0 Å². The van der Waals surface area contributed by atoms with Crippen molar-refractivity contribution in [1.82, 2.24) is 9.36 Å². The molecule has 17 heavy (non-hydrogen) atoms. The van der Waals surface area contributed by atoms with Crippen molar-refractivity contribution in [2.45, 2.75) is 12.7 Å².